The Morgan fingerprint density at radius 1 is 1.70 bits per heavy atom. The van der Waals surface area contributed by atoms with Crippen LogP contribution in [0.15, 0.2) is 22.9 Å². The third-order valence-corrected chi connectivity index (χ3v) is 2.52. The Morgan fingerprint density at radius 2 is 2.60 bits per heavy atom. The normalized spacial score (nSPS) is 29.5. The highest BCUT2D eigenvalue weighted by Crippen LogP contribution is 2.28. The zero-order valence-electron chi connectivity index (χ0n) is 5.42. The summed E-state index contributed by atoms with van der Waals surface area (Å²) in [5.41, 5.74) is 6.87. The average molecular weight is 155 g/mol. The van der Waals surface area contributed by atoms with Crippen LogP contribution in [0.25, 0.3) is 0 Å². The average Bonchev–Trinajstić information content (AvgIpc) is 2.27. The minimum Gasteiger partial charge on any atom is -0.386 e. The molecular formula is C6H9N3S. The van der Waals surface area contributed by atoms with Crippen LogP contribution in [0.1, 0.15) is 0 Å². The molecule has 1 atom stereocenters. The molecule has 3 nitrogen and oxygen atoms in total. The van der Waals surface area contributed by atoms with Gasteiger partial charge in [-0.05, 0) is 12.3 Å². The van der Waals surface area contributed by atoms with E-state index in [0.29, 0.717) is 0 Å². The largest absolute Gasteiger partial charge is 0.386 e. The van der Waals surface area contributed by atoms with Gasteiger partial charge in [0.2, 0.25) is 0 Å². The van der Waals surface area contributed by atoms with Gasteiger partial charge < -0.3 is 16.4 Å². The van der Waals surface area contributed by atoms with Crippen molar-refractivity contribution in [3.8, 4) is 0 Å². The Hall–Kier alpha value is -0.610. The summed E-state index contributed by atoms with van der Waals surface area (Å²) in [7, 11) is 0. The first-order valence-corrected chi connectivity index (χ1v) is 4.06. The van der Waals surface area contributed by atoms with E-state index in [1.165, 1.54) is 10.6 Å². The van der Waals surface area contributed by atoms with E-state index in [1.54, 1.807) is 11.8 Å². The summed E-state index contributed by atoms with van der Waals surface area (Å²) in [5.74, 6) is 0. The highest BCUT2D eigenvalue weighted by atomic mass is 32.2. The second-order valence-corrected chi connectivity index (χ2v) is 3.47. The number of allylic oxidation sites excluding steroid dienone is 1. The quantitative estimate of drug-likeness (QED) is 0.457. The molecule has 2 heterocycles. The Bertz CT molecular complexity index is 209. The van der Waals surface area contributed by atoms with Crippen molar-refractivity contribution in [3.63, 3.8) is 0 Å². The molecule has 0 aromatic heterocycles. The highest BCUT2D eigenvalue weighted by Gasteiger charge is 2.20. The van der Waals surface area contributed by atoms with Gasteiger partial charge in [-0.2, -0.15) is 0 Å². The molecule has 0 saturated carbocycles. The van der Waals surface area contributed by atoms with Crippen LogP contribution in [0.5, 0.6) is 0 Å². The number of hydrogen-bond donors (Lipinski definition) is 3. The van der Waals surface area contributed by atoms with Gasteiger partial charge in [-0.25, -0.2) is 0 Å². The molecule has 4 heteroatoms. The molecule has 4 N–H and O–H groups in total. The van der Waals surface area contributed by atoms with Crippen molar-refractivity contribution in [3.05, 3.63) is 22.9 Å². The molecule has 0 aromatic rings. The number of thioether (sulfide) groups is 1. The lowest BCUT2D eigenvalue weighted by Gasteiger charge is -2.07. The second kappa shape index (κ2) is 2.21. The molecule has 54 valence electrons. The first-order chi connectivity index (χ1) is 4.86. The van der Waals surface area contributed by atoms with Crippen molar-refractivity contribution in [1.29, 1.82) is 0 Å². The lowest BCUT2D eigenvalue weighted by atomic mass is 10.3. The summed E-state index contributed by atoms with van der Waals surface area (Å²) < 4.78 is 0. The van der Waals surface area contributed by atoms with Crippen molar-refractivity contribution < 1.29 is 0 Å². The van der Waals surface area contributed by atoms with Gasteiger partial charge >= 0.3 is 0 Å². The topological polar surface area (TPSA) is 50.1 Å². The van der Waals surface area contributed by atoms with Gasteiger partial charge in [-0.1, -0.05) is 11.8 Å². The molecular weight excluding hydrogens is 146 g/mol. The fourth-order valence-corrected chi connectivity index (χ4v) is 1.96. The van der Waals surface area contributed by atoms with Crippen LogP contribution >= 0.6 is 11.8 Å². The monoisotopic (exact) mass is 155 g/mol. The number of hydrogen-bond acceptors (Lipinski definition) is 4. The molecule has 0 amide bonds. The number of rotatable bonds is 0. The number of nitrogens with two attached hydrogens (primary N) is 1. The Balaban J connectivity index is 2.21. The van der Waals surface area contributed by atoms with E-state index >= 15 is 0 Å². The molecule has 0 radical (unpaired) electrons. The van der Waals surface area contributed by atoms with Gasteiger partial charge in [-0.15, -0.1) is 0 Å². The van der Waals surface area contributed by atoms with Crippen LogP contribution in [0, 0.1) is 0 Å². The highest BCUT2D eigenvalue weighted by molar-refractivity contribution is 8.03. The Kier molecular flexibility index (Phi) is 1.35. The van der Waals surface area contributed by atoms with Crippen LogP contribution in [-0.2, 0) is 0 Å². The SMILES string of the molecule is NC1NC2=C(CNC=C2)S1. The van der Waals surface area contributed by atoms with Gasteiger partial charge in [0.1, 0.15) is 5.50 Å². The minimum atomic E-state index is 0.0505. The Labute approximate surface area is 63.7 Å². The zero-order chi connectivity index (χ0) is 6.97. The van der Waals surface area contributed by atoms with E-state index < -0.39 is 0 Å². The van der Waals surface area contributed by atoms with Gasteiger partial charge in [0.15, 0.2) is 0 Å². The maximum absolute atomic E-state index is 5.64. The molecule has 0 aromatic carbocycles. The molecule has 2 aliphatic rings. The summed E-state index contributed by atoms with van der Waals surface area (Å²) in [6.45, 7) is 0.914. The molecule has 2 aliphatic heterocycles. The maximum atomic E-state index is 5.64. The van der Waals surface area contributed by atoms with Gasteiger partial charge in [-0.3, -0.25) is 0 Å². The van der Waals surface area contributed by atoms with Crippen molar-refractivity contribution in [2.45, 2.75) is 5.50 Å². The van der Waals surface area contributed by atoms with Crippen LogP contribution in [0.2, 0.25) is 0 Å². The molecule has 2 rings (SSSR count). The van der Waals surface area contributed by atoms with E-state index in [2.05, 4.69) is 10.6 Å². The summed E-state index contributed by atoms with van der Waals surface area (Å²) in [5, 5.41) is 6.27. The molecule has 0 spiro atoms. The second-order valence-electron chi connectivity index (χ2n) is 2.23. The van der Waals surface area contributed by atoms with E-state index in [1.807, 2.05) is 12.3 Å². The third kappa shape index (κ3) is 0.892. The summed E-state index contributed by atoms with van der Waals surface area (Å²) in [6.07, 6.45) is 3.95. The van der Waals surface area contributed by atoms with Gasteiger partial charge in [0.25, 0.3) is 0 Å². The van der Waals surface area contributed by atoms with Crippen molar-refractivity contribution in [2.75, 3.05) is 6.54 Å². The first kappa shape index (κ1) is 6.12. The lowest BCUT2D eigenvalue weighted by molar-refractivity contribution is 0.796. The molecule has 1 unspecified atom stereocenters. The molecule has 0 bridgehead atoms. The predicted molar refractivity (Wildman–Crippen MR) is 42.9 cm³/mol. The van der Waals surface area contributed by atoms with E-state index in [0.717, 1.165) is 6.54 Å². The fourth-order valence-electron chi connectivity index (χ4n) is 1.05. The van der Waals surface area contributed by atoms with Gasteiger partial charge in [0, 0.05) is 17.1 Å². The summed E-state index contributed by atoms with van der Waals surface area (Å²) >= 11 is 1.68. The molecule has 10 heavy (non-hydrogen) atoms. The molecule has 0 saturated heterocycles. The zero-order valence-corrected chi connectivity index (χ0v) is 6.24. The molecule has 0 fully saturated rings. The first-order valence-electron chi connectivity index (χ1n) is 3.18. The van der Waals surface area contributed by atoms with Crippen molar-refractivity contribution in [1.82, 2.24) is 10.6 Å². The predicted octanol–water partition coefficient (Wildman–Crippen LogP) is -0.106. The smallest absolute Gasteiger partial charge is 0.127 e. The number of nitrogens with one attached hydrogen (secondary N) is 2. The Morgan fingerprint density at radius 3 is 3.40 bits per heavy atom. The number of dihydropyridines is 1. The van der Waals surface area contributed by atoms with Crippen molar-refractivity contribution in [2.24, 2.45) is 5.73 Å². The summed E-state index contributed by atoms with van der Waals surface area (Å²) in [4.78, 5) is 1.31. The van der Waals surface area contributed by atoms with Gasteiger partial charge in [0.05, 0.1) is 0 Å². The maximum Gasteiger partial charge on any atom is 0.127 e. The van der Waals surface area contributed by atoms with E-state index in [4.69, 9.17) is 5.73 Å². The lowest BCUT2D eigenvalue weighted by Crippen LogP contribution is -2.28. The summed E-state index contributed by atoms with van der Waals surface area (Å²) in [6, 6.07) is 0. The minimum absolute atomic E-state index is 0.0505. The van der Waals surface area contributed by atoms with Crippen LogP contribution in [-0.4, -0.2) is 12.0 Å². The van der Waals surface area contributed by atoms with Crippen LogP contribution in [0.4, 0.5) is 0 Å². The fraction of sp³-hybridized carbons (Fsp3) is 0.333. The van der Waals surface area contributed by atoms with Crippen LogP contribution < -0.4 is 16.4 Å². The van der Waals surface area contributed by atoms with E-state index in [-0.39, 0.29) is 5.50 Å². The standard InChI is InChI=1S/C6H9N3S/c7-6-9-4-1-2-8-3-5(4)10-6/h1-2,6,8-9H,3,7H2. The third-order valence-electron chi connectivity index (χ3n) is 1.50. The van der Waals surface area contributed by atoms with E-state index in [9.17, 15) is 0 Å². The van der Waals surface area contributed by atoms with Crippen molar-refractivity contribution >= 4 is 11.8 Å². The molecule has 0 aliphatic carbocycles. The van der Waals surface area contributed by atoms with Crippen LogP contribution in [0.3, 0.4) is 0 Å².